The van der Waals surface area contributed by atoms with Crippen LogP contribution in [-0.4, -0.2) is 38.6 Å². The van der Waals surface area contributed by atoms with Crippen LogP contribution in [-0.2, 0) is 6.42 Å². The molecular weight excluding hydrogens is 372 g/mol. The van der Waals surface area contributed by atoms with E-state index >= 15 is 0 Å². The summed E-state index contributed by atoms with van der Waals surface area (Å²) in [5.41, 5.74) is 7.34. The van der Waals surface area contributed by atoms with E-state index in [0.29, 0.717) is 25.1 Å². The maximum Gasteiger partial charge on any atom is 0.163 e. The van der Waals surface area contributed by atoms with Crippen LogP contribution in [0.1, 0.15) is 53.6 Å². The van der Waals surface area contributed by atoms with Gasteiger partial charge in [0.1, 0.15) is 12.4 Å². The van der Waals surface area contributed by atoms with Gasteiger partial charge in [0.25, 0.3) is 0 Å². The highest BCUT2D eigenvalue weighted by molar-refractivity contribution is 6.00. The summed E-state index contributed by atoms with van der Waals surface area (Å²) in [5, 5.41) is 3.80. The van der Waals surface area contributed by atoms with E-state index in [2.05, 4.69) is 54.6 Å². The molecule has 156 valence electrons. The molecule has 2 heterocycles. The van der Waals surface area contributed by atoms with Crippen LogP contribution in [0.15, 0.2) is 48.0 Å². The zero-order chi connectivity index (χ0) is 20.7. The van der Waals surface area contributed by atoms with Crippen molar-refractivity contribution in [3.63, 3.8) is 0 Å². The first-order valence-electron chi connectivity index (χ1n) is 11.1. The van der Waals surface area contributed by atoms with E-state index in [1.165, 1.54) is 35.2 Å². The van der Waals surface area contributed by atoms with Gasteiger partial charge in [-0.25, -0.2) is 0 Å². The lowest BCUT2D eigenvalue weighted by molar-refractivity contribution is 0.0994. The van der Waals surface area contributed by atoms with E-state index < -0.39 is 0 Å². The molecule has 3 aliphatic rings. The number of benzene rings is 2. The fourth-order valence-electron chi connectivity index (χ4n) is 5.14. The highest BCUT2D eigenvalue weighted by Crippen LogP contribution is 2.36. The standard InChI is InChI=1S/C26H30N2O2/c1-28(2)22-9-3-17(4-10-22)24-14-21-8-7-20(27-21)13-19(24)16-30-23-11-5-18-6-12-26(29)25(18)15-23/h3-5,9-11,15,20-21,27H,6-8,12-14,16H2,1-2H3. The fourth-order valence-corrected chi connectivity index (χ4v) is 5.14. The van der Waals surface area contributed by atoms with E-state index in [-0.39, 0.29) is 5.78 Å². The second-order valence-corrected chi connectivity index (χ2v) is 9.10. The molecule has 4 nitrogen and oxygen atoms in total. The SMILES string of the molecule is CN(C)c1ccc(C2=C(COc3ccc4c(c3)C(=O)CC4)CC3CCC(C2)N3)cc1. The second-order valence-electron chi connectivity index (χ2n) is 9.10. The molecule has 30 heavy (non-hydrogen) atoms. The average molecular weight is 403 g/mol. The minimum atomic E-state index is 0.243. The van der Waals surface area contributed by atoms with E-state index in [4.69, 9.17) is 4.74 Å². The molecule has 1 saturated heterocycles. The maximum absolute atomic E-state index is 12.1. The molecule has 2 atom stereocenters. The van der Waals surface area contributed by atoms with Gasteiger partial charge in [-0.1, -0.05) is 18.2 Å². The molecule has 0 amide bonds. The quantitative estimate of drug-likeness (QED) is 0.792. The van der Waals surface area contributed by atoms with Gasteiger partial charge in [0, 0.05) is 43.9 Å². The lowest BCUT2D eigenvalue weighted by Gasteiger charge is -2.20. The third-order valence-corrected chi connectivity index (χ3v) is 6.85. The van der Waals surface area contributed by atoms with Gasteiger partial charge >= 0.3 is 0 Å². The third kappa shape index (κ3) is 3.77. The zero-order valence-electron chi connectivity index (χ0n) is 17.9. The average Bonchev–Trinajstić information content (AvgIpc) is 3.29. The minimum absolute atomic E-state index is 0.243. The molecule has 2 aliphatic heterocycles. The number of Topliss-reactive ketones (excluding diaryl/α,β-unsaturated/α-hetero) is 1. The van der Waals surface area contributed by atoms with Crippen LogP contribution in [0.4, 0.5) is 5.69 Å². The molecule has 1 N–H and O–H groups in total. The van der Waals surface area contributed by atoms with E-state index in [9.17, 15) is 4.79 Å². The number of nitrogens with one attached hydrogen (secondary N) is 1. The summed E-state index contributed by atoms with van der Waals surface area (Å²) in [6, 6.07) is 16.0. The Balaban J connectivity index is 1.42. The largest absolute Gasteiger partial charge is 0.489 e. The van der Waals surface area contributed by atoms with Gasteiger partial charge in [-0.3, -0.25) is 4.79 Å². The molecule has 0 saturated carbocycles. The van der Waals surface area contributed by atoms with Gasteiger partial charge in [0.15, 0.2) is 5.78 Å². The molecule has 1 fully saturated rings. The second kappa shape index (κ2) is 7.92. The number of aryl methyl sites for hydroxylation is 1. The van der Waals surface area contributed by atoms with Gasteiger partial charge in [-0.2, -0.15) is 0 Å². The molecule has 0 radical (unpaired) electrons. The summed E-state index contributed by atoms with van der Waals surface area (Å²) in [5.74, 6) is 1.05. The Bertz CT molecular complexity index is 991. The first-order chi connectivity index (χ1) is 14.6. The van der Waals surface area contributed by atoms with Crippen molar-refractivity contribution in [1.29, 1.82) is 0 Å². The first-order valence-corrected chi connectivity index (χ1v) is 11.1. The lowest BCUT2D eigenvalue weighted by Crippen LogP contribution is -2.27. The summed E-state index contributed by atoms with van der Waals surface area (Å²) in [7, 11) is 4.15. The molecule has 4 heteroatoms. The topological polar surface area (TPSA) is 41.6 Å². The normalized spacial score (nSPS) is 22.8. The molecule has 5 rings (SSSR count). The summed E-state index contributed by atoms with van der Waals surface area (Å²) in [6.45, 7) is 0.586. The van der Waals surface area contributed by atoms with Crippen LogP contribution in [0.2, 0.25) is 0 Å². The lowest BCUT2D eigenvalue weighted by atomic mass is 9.89. The number of carbonyl (C=O) groups is 1. The van der Waals surface area contributed by atoms with Crippen molar-refractivity contribution >= 4 is 17.0 Å². The van der Waals surface area contributed by atoms with Crippen molar-refractivity contribution in [2.75, 3.05) is 25.6 Å². The van der Waals surface area contributed by atoms with Crippen molar-refractivity contribution in [2.45, 2.75) is 50.6 Å². The summed E-state index contributed by atoms with van der Waals surface area (Å²) < 4.78 is 6.25. The monoisotopic (exact) mass is 402 g/mol. The molecular formula is C26H30N2O2. The van der Waals surface area contributed by atoms with E-state index in [1.54, 1.807) is 0 Å². The minimum Gasteiger partial charge on any atom is -0.489 e. The summed E-state index contributed by atoms with van der Waals surface area (Å²) in [6.07, 6.45) is 6.08. The number of hydrogen-bond donors (Lipinski definition) is 1. The van der Waals surface area contributed by atoms with Gasteiger partial charge in [0.05, 0.1) is 0 Å². The van der Waals surface area contributed by atoms with Crippen molar-refractivity contribution in [1.82, 2.24) is 5.32 Å². The Morgan fingerprint density at radius 2 is 1.77 bits per heavy atom. The van der Waals surface area contributed by atoms with Crippen LogP contribution in [0, 0.1) is 0 Å². The van der Waals surface area contributed by atoms with Crippen LogP contribution in [0.5, 0.6) is 5.75 Å². The summed E-state index contributed by atoms with van der Waals surface area (Å²) in [4.78, 5) is 14.2. The van der Waals surface area contributed by atoms with Crippen molar-refractivity contribution in [2.24, 2.45) is 0 Å². The molecule has 0 spiro atoms. The van der Waals surface area contributed by atoms with E-state index in [1.807, 2.05) is 12.1 Å². The number of rotatable bonds is 5. The fraction of sp³-hybridized carbons (Fsp3) is 0.423. The Labute approximate surface area is 178 Å². The van der Waals surface area contributed by atoms with Crippen LogP contribution < -0.4 is 15.0 Å². The highest BCUT2D eigenvalue weighted by Gasteiger charge is 2.31. The number of carbonyl (C=O) groups excluding carboxylic acids is 1. The zero-order valence-corrected chi connectivity index (χ0v) is 17.9. The van der Waals surface area contributed by atoms with Crippen LogP contribution >= 0.6 is 0 Å². The smallest absolute Gasteiger partial charge is 0.163 e. The van der Waals surface area contributed by atoms with Gasteiger partial charge < -0.3 is 15.0 Å². The van der Waals surface area contributed by atoms with Crippen LogP contribution in [0.25, 0.3) is 5.57 Å². The Kier molecular flexibility index (Phi) is 5.11. The number of ether oxygens (including phenoxy) is 1. The predicted molar refractivity (Wildman–Crippen MR) is 121 cm³/mol. The Morgan fingerprint density at radius 1 is 1.00 bits per heavy atom. The van der Waals surface area contributed by atoms with Crippen molar-refractivity contribution in [3.8, 4) is 5.75 Å². The third-order valence-electron chi connectivity index (χ3n) is 6.85. The van der Waals surface area contributed by atoms with E-state index in [0.717, 1.165) is 36.1 Å². The number of fused-ring (bicyclic) bond motifs is 3. The molecule has 2 aromatic carbocycles. The number of hydrogen-bond acceptors (Lipinski definition) is 4. The van der Waals surface area contributed by atoms with Gasteiger partial charge in [-0.15, -0.1) is 0 Å². The van der Waals surface area contributed by atoms with Gasteiger partial charge in [0.2, 0.25) is 0 Å². The molecule has 2 bridgehead atoms. The van der Waals surface area contributed by atoms with Crippen molar-refractivity contribution < 1.29 is 9.53 Å². The number of anilines is 1. The Morgan fingerprint density at radius 3 is 2.53 bits per heavy atom. The van der Waals surface area contributed by atoms with Crippen LogP contribution in [0.3, 0.4) is 0 Å². The first kappa shape index (κ1) is 19.4. The highest BCUT2D eigenvalue weighted by atomic mass is 16.5. The number of ketones is 1. The van der Waals surface area contributed by atoms with Crippen molar-refractivity contribution in [3.05, 3.63) is 64.7 Å². The van der Waals surface area contributed by atoms with Gasteiger partial charge in [-0.05, 0) is 78.6 Å². The molecule has 2 unspecified atom stereocenters. The molecule has 1 aliphatic carbocycles. The maximum atomic E-state index is 12.1. The predicted octanol–water partition coefficient (Wildman–Crippen LogP) is 4.63. The molecule has 2 aromatic rings. The Hall–Kier alpha value is -2.59. The molecule has 0 aromatic heterocycles. The summed E-state index contributed by atoms with van der Waals surface area (Å²) >= 11 is 0. The number of nitrogens with zero attached hydrogens (tertiary/aromatic N) is 1.